The molecule has 0 fully saturated rings. The van der Waals surface area contributed by atoms with E-state index >= 15 is 0 Å². The van der Waals surface area contributed by atoms with Gasteiger partial charge in [0.25, 0.3) is 0 Å². The number of carbonyl (C=O) groups is 1. The van der Waals surface area contributed by atoms with Crippen LogP contribution in [0.2, 0.25) is 0 Å². The van der Waals surface area contributed by atoms with Crippen molar-refractivity contribution in [2.24, 2.45) is 5.84 Å². The molecule has 5 nitrogen and oxygen atoms in total. The number of rotatable bonds is 9. The van der Waals surface area contributed by atoms with E-state index < -0.39 is 0 Å². The van der Waals surface area contributed by atoms with Gasteiger partial charge in [0.05, 0.1) is 19.4 Å². The smallest absolute Gasteiger partial charge is 0.326 e. The molecule has 0 amide bonds. The van der Waals surface area contributed by atoms with E-state index in [1.807, 2.05) is 24.3 Å². The second-order valence-corrected chi connectivity index (χ2v) is 4.61. The van der Waals surface area contributed by atoms with Gasteiger partial charge in [-0.25, -0.2) is 5.84 Å². The van der Waals surface area contributed by atoms with E-state index in [9.17, 15) is 4.79 Å². The molecule has 20 heavy (non-hydrogen) atoms. The Hall–Kier alpha value is -1.75. The van der Waals surface area contributed by atoms with Crippen molar-refractivity contribution < 1.29 is 14.3 Å². The highest BCUT2D eigenvalue weighted by Crippen LogP contribution is 2.19. The summed E-state index contributed by atoms with van der Waals surface area (Å²) in [5, 5.41) is 1.34. The molecule has 1 aromatic rings. The van der Waals surface area contributed by atoms with Crippen LogP contribution in [-0.2, 0) is 9.53 Å². The summed E-state index contributed by atoms with van der Waals surface area (Å²) in [6.07, 6.45) is 4.68. The molecule has 0 saturated heterocycles. The van der Waals surface area contributed by atoms with Crippen molar-refractivity contribution in [2.45, 2.75) is 32.6 Å². The SMILES string of the molecule is CCCCCCOc1cccc(N(N)CC(=O)OC)c1. The van der Waals surface area contributed by atoms with Crippen LogP contribution in [0.3, 0.4) is 0 Å². The van der Waals surface area contributed by atoms with Gasteiger partial charge in [0.1, 0.15) is 12.3 Å². The second-order valence-electron chi connectivity index (χ2n) is 4.61. The van der Waals surface area contributed by atoms with E-state index in [1.165, 1.54) is 31.4 Å². The Morgan fingerprint density at radius 3 is 2.80 bits per heavy atom. The molecule has 0 aliphatic carbocycles. The van der Waals surface area contributed by atoms with E-state index in [0.29, 0.717) is 6.61 Å². The molecular weight excluding hydrogens is 256 g/mol. The van der Waals surface area contributed by atoms with Crippen LogP contribution < -0.4 is 15.6 Å². The normalized spacial score (nSPS) is 10.2. The largest absolute Gasteiger partial charge is 0.494 e. The highest BCUT2D eigenvalue weighted by molar-refractivity contribution is 5.75. The molecule has 0 heterocycles. The zero-order valence-corrected chi connectivity index (χ0v) is 12.3. The van der Waals surface area contributed by atoms with Gasteiger partial charge in [-0.2, -0.15) is 0 Å². The maximum atomic E-state index is 11.2. The highest BCUT2D eigenvalue weighted by Gasteiger charge is 2.08. The van der Waals surface area contributed by atoms with Gasteiger partial charge in [-0.15, -0.1) is 0 Å². The van der Waals surface area contributed by atoms with Crippen molar-refractivity contribution in [3.8, 4) is 5.75 Å². The number of nitrogens with two attached hydrogens (primary N) is 1. The Morgan fingerprint density at radius 1 is 1.30 bits per heavy atom. The van der Waals surface area contributed by atoms with Gasteiger partial charge in [-0.05, 0) is 18.6 Å². The van der Waals surface area contributed by atoms with Crippen LogP contribution in [0.25, 0.3) is 0 Å². The standard InChI is InChI=1S/C15H24N2O3/c1-3-4-5-6-10-20-14-9-7-8-13(11-14)17(16)12-15(18)19-2/h7-9,11H,3-6,10,12,16H2,1-2H3. The Balaban J connectivity index is 2.46. The molecule has 1 aromatic carbocycles. The number of benzene rings is 1. The van der Waals surface area contributed by atoms with E-state index in [4.69, 9.17) is 10.6 Å². The molecule has 0 spiro atoms. The van der Waals surface area contributed by atoms with Crippen molar-refractivity contribution in [1.82, 2.24) is 0 Å². The van der Waals surface area contributed by atoms with E-state index in [1.54, 1.807) is 0 Å². The molecule has 0 saturated carbocycles. The molecule has 0 aliphatic heterocycles. The zero-order valence-electron chi connectivity index (χ0n) is 12.3. The van der Waals surface area contributed by atoms with Crippen LogP contribution >= 0.6 is 0 Å². The third kappa shape index (κ3) is 5.93. The van der Waals surface area contributed by atoms with Crippen LogP contribution in [0.1, 0.15) is 32.6 Å². The maximum absolute atomic E-state index is 11.2. The predicted molar refractivity (Wildman–Crippen MR) is 79.6 cm³/mol. The van der Waals surface area contributed by atoms with Gasteiger partial charge in [-0.1, -0.05) is 32.3 Å². The second kappa shape index (κ2) is 9.20. The summed E-state index contributed by atoms with van der Waals surface area (Å²) >= 11 is 0. The number of hydrogen-bond donors (Lipinski definition) is 1. The number of hydrazine groups is 1. The summed E-state index contributed by atoms with van der Waals surface area (Å²) in [7, 11) is 1.34. The lowest BCUT2D eigenvalue weighted by Crippen LogP contribution is -2.36. The van der Waals surface area contributed by atoms with Gasteiger partial charge < -0.3 is 9.47 Å². The predicted octanol–water partition coefficient (Wildman–Crippen LogP) is 2.50. The summed E-state index contributed by atoms with van der Waals surface area (Å²) in [6, 6.07) is 7.39. The Kier molecular flexibility index (Phi) is 7.50. The zero-order chi connectivity index (χ0) is 14.8. The Bertz CT molecular complexity index is 410. The van der Waals surface area contributed by atoms with Crippen LogP contribution in [0.15, 0.2) is 24.3 Å². The van der Waals surface area contributed by atoms with Gasteiger partial charge in [0.15, 0.2) is 0 Å². The average Bonchev–Trinajstić information content (AvgIpc) is 2.47. The molecule has 112 valence electrons. The number of carbonyl (C=O) groups excluding carboxylic acids is 1. The van der Waals surface area contributed by atoms with Crippen molar-refractivity contribution >= 4 is 11.7 Å². The third-order valence-corrected chi connectivity index (χ3v) is 2.94. The quantitative estimate of drug-likeness (QED) is 0.326. The van der Waals surface area contributed by atoms with Crippen molar-refractivity contribution in [3.05, 3.63) is 24.3 Å². The van der Waals surface area contributed by atoms with Crippen LogP contribution in [0.5, 0.6) is 5.75 Å². The Labute approximate surface area is 120 Å². The third-order valence-electron chi connectivity index (χ3n) is 2.94. The lowest BCUT2D eigenvalue weighted by Gasteiger charge is -2.18. The molecule has 2 N–H and O–H groups in total. The molecule has 0 atom stereocenters. The molecular formula is C15H24N2O3. The summed E-state index contributed by atoms with van der Waals surface area (Å²) < 4.78 is 10.3. The highest BCUT2D eigenvalue weighted by atomic mass is 16.5. The monoisotopic (exact) mass is 280 g/mol. The Morgan fingerprint density at radius 2 is 2.10 bits per heavy atom. The molecule has 0 radical (unpaired) electrons. The fourth-order valence-corrected chi connectivity index (χ4v) is 1.77. The summed E-state index contributed by atoms with van der Waals surface area (Å²) in [5.74, 6) is 6.20. The van der Waals surface area contributed by atoms with Gasteiger partial charge in [0.2, 0.25) is 0 Å². The van der Waals surface area contributed by atoms with Crippen molar-refractivity contribution in [1.29, 1.82) is 0 Å². The molecule has 0 unspecified atom stereocenters. The molecule has 0 aromatic heterocycles. The number of nitrogens with zero attached hydrogens (tertiary/aromatic N) is 1. The number of hydrogen-bond acceptors (Lipinski definition) is 5. The van der Waals surface area contributed by atoms with Crippen LogP contribution in [0.4, 0.5) is 5.69 Å². The summed E-state index contributed by atoms with van der Waals surface area (Å²) in [6.45, 7) is 2.89. The maximum Gasteiger partial charge on any atom is 0.326 e. The fourth-order valence-electron chi connectivity index (χ4n) is 1.77. The van der Waals surface area contributed by atoms with E-state index in [-0.39, 0.29) is 12.5 Å². The van der Waals surface area contributed by atoms with Gasteiger partial charge in [-0.3, -0.25) is 9.80 Å². The first-order valence-electron chi connectivity index (χ1n) is 6.99. The van der Waals surface area contributed by atoms with Gasteiger partial charge in [0, 0.05) is 6.07 Å². The lowest BCUT2D eigenvalue weighted by molar-refractivity contribution is -0.138. The lowest BCUT2D eigenvalue weighted by atomic mass is 10.2. The summed E-state index contributed by atoms with van der Waals surface area (Å²) in [4.78, 5) is 11.2. The average molecular weight is 280 g/mol. The number of methoxy groups -OCH3 is 1. The molecule has 1 rings (SSSR count). The van der Waals surface area contributed by atoms with E-state index in [2.05, 4.69) is 11.7 Å². The van der Waals surface area contributed by atoms with Crippen LogP contribution in [-0.4, -0.2) is 26.2 Å². The first-order valence-corrected chi connectivity index (χ1v) is 6.99. The summed E-state index contributed by atoms with van der Waals surface area (Å²) in [5.41, 5.74) is 0.724. The van der Waals surface area contributed by atoms with Crippen LogP contribution in [0, 0.1) is 0 Å². The number of anilines is 1. The molecule has 0 bridgehead atoms. The molecule has 0 aliphatic rings. The van der Waals surface area contributed by atoms with E-state index in [0.717, 1.165) is 17.9 Å². The van der Waals surface area contributed by atoms with Gasteiger partial charge >= 0.3 is 5.97 Å². The number of ether oxygens (including phenoxy) is 2. The van der Waals surface area contributed by atoms with Crippen molar-refractivity contribution in [3.63, 3.8) is 0 Å². The minimum atomic E-state index is -0.376. The minimum Gasteiger partial charge on any atom is -0.494 e. The number of esters is 1. The first-order chi connectivity index (χ1) is 9.67. The topological polar surface area (TPSA) is 64.8 Å². The minimum absolute atomic E-state index is 0.0104. The number of unbranched alkanes of at least 4 members (excludes halogenated alkanes) is 3. The fraction of sp³-hybridized carbons (Fsp3) is 0.533. The first kappa shape index (κ1) is 16.3. The van der Waals surface area contributed by atoms with Crippen molar-refractivity contribution in [2.75, 3.05) is 25.3 Å². The molecule has 5 heteroatoms.